The first-order valence-electron chi connectivity index (χ1n) is 11.6. The lowest BCUT2D eigenvalue weighted by Gasteiger charge is -2.24. The van der Waals surface area contributed by atoms with Crippen molar-refractivity contribution >= 4 is 28.8 Å². The quantitative estimate of drug-likeness (QED) is 0.284. The molecule has 0 saturated carbocycles. The highest BCUT2D eigenvalue weighted by molar-refractivity contribution is 6.51. The summed E-state index contributed by atoms with van der Waals surface area (Å²) in [7, 11) is 3.85. The van der Waals surface area contributed by atoms with E-state index in [4.69, 9.17) is 9.15 Å². The third kappa shape index (κ3) is 4.80. The molecule has 1 atom stereocenters. The second kappa shape index (κ2) is 9.70. The number of carbonyl (C=O) groups is 2. The Morgan fingerprint density at radius 2 is 1.69 bits per heavy atom. The third-order valence-electron chi connectivity index (χ3n) is 5.83. The second-order valence-electron chi connectivity index (χ2n) is 9.26. The molecule has 7 nitrogen and oxygen atoms in total. The van der Waals surface area contributed by atoms with Gasteiger partial charge in [0.25, 0.3) is 11.7 Å². The molecule has 1 aliphatic heterocycles. The van der Waals surface area contributed by atoms with Crippen LogP contribution in [0.15, 0.2) is 70.7 Å². The van der Waals surface area contributed by atoms with Crippen molar-refractivity contribution < 1.29 is 23.8 Å². The van der Waals surface area contributed by atoms with E-state index in [2.05, 4.69) is 13.8 Å². The number of aliphatic hydroxyl groups excluding tert-OH is 1. The SMILES string of the molecule is Cc1ccc(C2/C(=C(/O)c3ccc(OCC(C)C)cc3)C(=O)C(=O)N2c2ccc(N(C)C)cc2)o1. The molecule has 1 unspecified atom stereocenters. The largest absolute Gasteiger partial charge is 0.507 e. The van der Waals surface area contributed by atoms with Gasteiger partial charge in [0.2, 0.25) is 0 Å². The number of aryl methyl sites for hydroxylation is 1. The van der Waals surface area contributed by atoms with Crippen LogP contribution in [-0.4, -0.2) is 37.5 Å². The number of furan rings is 1. The molecule has 0 radical (unpaired) electrons. The Balaban J connectivity index is 1.78. The number of rotatable bonds is 7. The first-order valence-corrected chi connectivity index (χ1v) is 11.6. The van der Waals surface area contributed by atoms with Gasteiger partial charge < -0.3 is 19.2 Å². The minimum Gasteiger partial charge on any atom is -0.507 e. The van der Waals surface area contributed by atoms with Gasteiger partial charge in [-0.2, -0.15) is 0 Å². The van der Waals surface area contributed by atoms with Gasteiger partial charge in [0.1, 0.15) is 29.1 Å². The van der Waals surface area contributed by atoms with E-state index < -0.39 is 17.7 Å². The molecule has 0 aliphatic carbocycles. The topological polar surface area (TPSA) is 83.2 Å². The minimum atomic E-state index is -0.897. The van der Waals surface area contributed by atoms with E-state index in [-0.39, 0.29) is 11.3 Å². The van der Waals surface area contributed by atoms with Crippen LogP contribution in [0.25, 0.3) is 5.76 Å². The van der Waals surface area contributed by atoms with Crippen molar-refractivity contribution in [2.45, 2.75) is 26.8 Å². The zero-order valence-electron chi connectivity index (χ0n) is 20.6. The molecule has 1 aromatic heterocycles. The molecule has 35 heavy (non-hydrogen) atoms. The van der Waals surface area contributed by atoms with Crippen molar-refractivity contribution in [1.82, 2.24) is 0 Å². The average Bonchev–Trinajstić information content (AvgIpc) is 3.38. The number of ether oxygens (including phenoxy) is 1. The summed E-state index contributed by atoms with van der Waals surface area (Å²) in [5, 5.41) is 11.2. The molecule has 2 heterocycles. The average molecular weight is 475 g/mol. The van der Waals surface area contributed by atoms with Gasteiger partial charge in [0.15, 0.2) is 0 Å². The predicted molar refractivity (Wildman–Crippen MR) is 136 cm³/mol. The molecular formula is C28H30N2O5. The van der Waals surface area contributed by atoms with E-state index in [9.17, 15) is 14.7 Å². The fraction of sp³-hybridized carbons (Fsp3) is 0.286. The summed E-state index contributed by atoms with van der Waals surface area (Å²) in [5.74, 6) is 0.332. The molecule has 1 fully saturated rings. The summed E-state index contributed by atoms with van der Waals surface area (Å²) in [6.45, 7) is 6.48. The first kappa shape index (κ1) is 24.1. The molecule has 2 aromatic carbocycles. The normalized spacial score (nSPS) is 17.3. The van der Waals surface area contributed by atoms with Gasteiger partial charge in [0.05, 0.1) is 12.2 Å². The number of ketones is 1. The number of amides is 1. The van der Waals surface area contributed by atoms with Crippen molar-refractivity contribution in [2.75, 3.05) is 30.5 Å². The maximum atomic E-state index is 13.2. The maximum absolute atomic E-state index is 13.2. The summed E-state index contributed by atoms with van der Waals surface area (Å²) in [5.41, 5.74) is 1.89. The smallest absolute Gasteiger partial charge is 0.300 e. The van der Waals surface area contributed by atoms with E-state index in [0.29, 0.717) is 41.0 Å². The van der Waals surface area contributed by atoms with Gasteiger partial charge in [-0.25, -0.2) is 0 Å². The molecule has 182 valence electrons. The molecule has 1 N–H and O–H groups in total. The van der Waals surface area contributed by atoms with Crippen LogP contribution in [0.5, 0.6) is 5.75 Å². The summed E-state index contributed by atoms with van der Waals surface area (Å²) in [6.07, 6.45) is 0. The van der Waals surface area contributed by atoms with Crippen molar-refractivity contribution in [3.05, 3.63) is 83.3 Å². The second-order valence-corrected chi connectivity index (χ2v) is 9.26. The molecule has 4 rings (SSSR count). The van der Waals surface area contributed by atoms with Crippen LogP contribution in [-0.2, 0) is 9.59 Å². The number of Topliss-reactive ketones (excluding diaryl/α,β-unsaturated/α-hetero) is 1. The lowest BCUT2D eigenvalue weighted by Crippen LogP contribution is -2.29. The summed E-state index contributed by atoms with van der Waals surface area (Å²) >= 11 is 0. The molecule has 1 amide bonds. The van der Waals surface area contributed by atoms with Gasteiger partial charge in [0, 0.05) is 31.0 Å². The zero-order valence-corrected chi connectivity index (χ0v) is 20.6. The standard InChI is InChI=1S/C28H30N2O5/c1-17(2)16-34-22-13-7-19(8-14-22)26(31)24-25(23-15-6-18(3)35-23)30(28(33)27(24)32)21-11-9-20(10-12-21)29(4)5/h6-15,17,25,31H,16H2,1-5H3/b26-24-. The van der Waals surface area contributed by atoms with Crippen LogP contribution in [0.3, 0.4) is 0 Å². The highest BCUT2D eigenvalue weighted by atomic mass is 16.5. The van der Waals surface area contributed by atoms with Crippen molar-refractivity contribution in [3.8, 4) is 5.75 Å². The molecular weight excluding hydrogens is 444 g/mol. The molecule has 7 heteroatoms. The Hall–Kier alpha value is -4.00. The molecule has 0 bridgehead atoms. The Morgan fingerprint density at radius 3 is 2.23 bits per heavy atom. The van der Waals surface area contributed by atoms with Crippen molar-refractivity contribution in [3.63, 3.8) is 0 Å². The van der Waals surface area contributed by atoms with Gasteiger partial charge in [-0.1, -0.05) is 13.8 Å². The molecule has 0 spiro atoms. The van der Waals surface area contributed by atoms with E-state index in [1.165, 1.54) is 4.90 Å². The number of benzene rings is 2. The predicted octanol–water partition coefficient (Wildman–Crippen LogP) is 5.32. The Bertz CT molecular complexity index is 1250. The number of anilines is 2. The van der Waals surface area contributed by atoms with Gasteiger partial charge >= 0.3 is 0 Å². The molecule has 1 saturated heterocycles. The number of nitrogens with zero attached hydrogens (tertiary/aromatic N) is 2. The monoisotopic (exact) mass is 474 g/mol. The minimum absolute atomic E-state index is 0.0168. The lowest BCUT2D eigenvalue weighted by molar-refractivity contribution is -0.132. The van der Waals surface area contributed by atoms with Crippen LogP contribution in [0.4, 0.5) is 11.4 Å². The van der Waals surface area contributed by atoms with Crippen LogP contribution in [0.1, 0.15) is 37.0 Å². The Kier molecular flexibility index (Phi) is 6.69. The number of hydrogen-bond donors (Lipinski definition) is 1. The van der Waals surface area contributed by atoms with Crippen molar-refractivity contribution in [2.24, 2.45) is 5.92 Å². The highest BCUT2D eigenvalue weighted by Gasteiger charge is 2.48. The highest BCUT2D eigenvalue weighted by Crippen LogP contribution is 2.43. The Labute approximate surface area is 205 Å². The van der Waals surface area contributed by atoms with E-state index in [0.717, 1.165) is 5.69 Å². The number of hydrogen-bond acceptors (Lipinski definition) is 6. The van der Waals surface area contributed by atoms with Crippen molar-refractivity contribution in [1.29, 1.82) is 0 Å². The Morgan fingerprint density at radius 1 is 1.03 bits per heavy atom. The van der Waals surface area contributed by atoms with Gasteiger partial charge in [-0.3, -0.25) is 14.5 Å². The van der Waals surface area contributed by atoms with Crippen LogP contribution >= 0.6 is 0 Å². The van der Waals surface area contributed by atoms with E-state index in [1.54, 1.807) is 55.5 Å². The fourth-order valence-electron chi connectivity index (χ4n) is 4.01. The van der Waals surface area contributed by atoms with Gasteiger partial charge in [-0.15, -0.1) is 0 Å². The van der Waals surface area contributed by atoms with Crippen LogP contribution < -0.4 is 14.5 Å². The van der Waals surface area contributed by atoms with E-state index >= 15 is 0 Å². The summed E-state index contributed by atoms with van der Waals surface area (Å²) in [6, 6.07) is 16.7. The number of aliphatic hydroxyl groups is 1. The lowest BCUT2D eigenvalue weighted by atomic mass is 9.99. The molecule has 1 aliphatic rings. The maximum Gasteiger partial charge on any atom is 0.300 e. The fourth-order valence-corrected chi connectivity index (χ4v) is 4.01. The summed E-state index contributed by atoms with van der Waals surface area (Å²) in [4.78, 5) is 29.8. The number of carbonyl (C=O) groups excluding carboxylic acids is 2. The third-order valence-corrected chi connectivity index (χ3v) is 5.83. The first-order chi connectivity index (χ1) is 16.7. The van der Waals surface area contributed by atoms with Crippen LogP contribution in [0.2, 0.25) is 0 Å². The van der Waals surface area contributed by atoms with Crippen LogP contribution in [0, 0.1) is 12.8 Å². The zero-order chi connectivity index (χ0) is 25.3. The van der Waals surface area contributed by atoms with E-state index in [1.807, 2.05) is 31.1 Å². The molecule has 3 aromatic rings. The summed E-state index contributed by atoms with van der Waals surface area (Å²) < 4.78 is 11.6. The van der Waals surface area contributed by atoms with Gasteiger partial charge in [-0.05, 0) is 73.5 Å².